The van der Waals surface area contributed by atoms with Crippen LogP contribution >= 0.6 is 11.6 Å². The molecule has 0 atom stereocenters. The number of hydrogen-bond donors (Lipinski definition) is 1. The molecule has 1 aliphatic heterocycles. The first kappa shape index (κ1) is 20.5. The Morgan fingerprint density at radius 1 is 1.06 bits per heavy atom. The minimum atomic E-state index is -0.997. The van der Waals surface area contributed by atoms with Gasteiger partial charge in [0.1, 0.15) is 0 Å². The molecular weight excluding hydrogens is 422 g/mol. The van der Waals surface area contributed by atoms with E-state index in [-0.39, 0.29) is 11.5 Å². The van der Waals surface area contributed by atoms with E-state index in [9.17, 15) is 14.7 Å². The Bertz CT molecular complexity index is 1270. The molecule has 0 radical (unpaired) electrons. The number of anilines is 2. The number of fused-ring (bicyclic) bond motifs is 1. The summed E-state index contributed by atoms with van der Waals surface area (Å²) in [4.78, 5) is 26.6. The maximum absolute atomic E-state index is 13.7. The normalized spacial score (nSPS) is 16.9. The van der Waals surface area contributed by atoms with Crippen molar-refractivity contribution >= 4 is 46.5 Å². The Hall–Kier alpha value is -3.37. The summed E-state index contributed by atoms with van der Waals surface area (Å²) in [7, 11) is 0. The SMILES string of the molecule is Cc1cccc2c1/C(=C\c1c(Cl)cccc1C1CCC1)C(=O)N2c1ccc(C(=O)O)cc1. The van der Waals surface area contributed by atoms with Crippen molar-refractivity contribution in [3.63, 3.8) is 0 Å². The standard InChI is InChI=1S/C27H22ClNO3/c1-16-5-2-10-24-25(16)22(15-21-20(17-6-3-7-17)8-4-9-23(21)28)26(30)29(24)19-13-11-18(12-14-19)27(31)32/h2,4-5,8-15,17H,3,6-7H2,1H3,(H,31,32)/b22-15+. The summed E-state index contributed by atoms with van der Waals surface area (Å²) in [5.74, 6) is -0.659. The van der Waals surface area contributed by atoms with Gasteiger partial charge in [-0.2, -0.15) is 0 Å². The quantitative estimate of drug-likeness (QED) is 0.449. The van der Waals surface area contributed by atoms with E-state index in [1.807, 2.05) is 43.3 Å². The summed E-state index contributed by atoms with van der Waals surface area (Å²) >= 11 is 6.62. The lowest BCUT2D eigenvalue weighted by atomic mass is 9.78. The van der Waals surface area contributed by atoms with Crippen molar-refractivity contribution in [2.75, 3.05) is 4.90 Å². The van der Waals surface area contributed by atoms with Crippen molar-refractivity contribution in [2.24, 2.45) is 0 Å². The molecule has 1 aliphatic carbocycles. The molecule has 5 rings (SSSR count). The molecule has 3 aromatic carbocycles. The zero-order chi connectivity index (χ0) is 22.4. The molecule has 1 N–H and O–H groups in total. The second kappa shape index (κ2) is 7.95. The number of hydrogen-bond acceptors (Lipinski definition) is 2. The molecule has 0 aromatic heterocycles. The first-order chi connectivity index (χ1) is 15.5. The van der Waals surface area contributed by atoms with Gasteiger partial charge >= 0.3 is 5.97 Å². The van der Waals surface area contributed by atoms with Gasteiger partial charge in [-0.3, -0.25) is 9.69 Å². The van der Waals surface area contributed by atoms with Crippen molar-refractivity contribution in [2.45, 2.75) is 32.1 Å². The van der Waals surface area contributed by atoms with Crippen molar-refractivity contribution in [1.29, 1.82) is 0 Å². The third kappa shape index (κ3) is 3.32. The van der Waals surface area contributed by atoms with E-state index in [1.165, 1.54) is 24.1 Å². The second-order valence-corrected chi connectivity index (χ2v) is 8.80. The van der Waals surface area contributed by atoms with Crippen LogP contribution in [0.1, 0.15) is 57.8 Å². The lowest BCUT2D eigenvalue weighted by Crippen LogP contribution is -2.20. The molecule has 5 heteroatoms. The summed E-state index contributed by atoms with van der Waals surface area (Å²) in [6.45, 7) is 2.00. The number of aromatic carboxylic acids is 1. The molecule has 0 saturated heterocycles. The number of carboxylic acid groups (broad SMARTS) is 1. The molecule has 1 heterocycles. The van der Waals surface area contributed by atoms with Gasteiger partial charge in [0.15, 0.2) is 0 Å². The van der Waals surface area contributed by atoms with Gasteiger partial charge < -0.3 is 5.11 Å². The fourth-order valence-electron chi connectivity index (χ4n) is 4.59. The first-order valence-electron chi connectivity index (χ1n) is 10.7. The second-order valence-electron chi connectivity index (χ2n) is 8.39. The van der Waals surface area contributed by atoms with Crippen molar-refractivity contribution in [3.8, 4) is 0 Å². The van der Waals surface area contributed by atoms with Crippen LogP contribution in [0.5, 0.6) is 0 Å². The monoisotopic (exact) mass is 443 g/mol. The summed E-state index contributed by atoms with van der Waals surface area (Å²) < 4.78 is 0. The molecule has 3 aromatic rings. The molecule has 32 heavy (non-hydrogen) atoms. The van der Waals surface area contributed by atoms with E-state index < -0.39 is 5.97 Å². The molecular formula is C27H22ClNO3. The van der Waals surface area contributed by atoms with Crippen LogP contribution < -0.4 is 4.90 Å². The molecule has 0 spiro atoms. The molecule has 1 saturated carbocycles. The number of nitrogens with zero attached hydrogens (tertiary/aromatic N) is 1. The Kier molecular flexibility index (Phi) is 5.10. The van der Waals surface area contributed by atoms with Crippen molar-refractivity contribution in [3.05, 3.63) is 93.5 Å². The predicted molar refractivity (Wildman–Crippen MR) is 128 cm³/mol. The van der Waals surface area contributed by atoms with Gasteiger partial charge in [0.25, 0.3) is 5.91 Å². The highest BCUT2D eigenvalue weighted by molar-refractivity contribution is 6.39. The average molecular weight is 444 g/mol. The smallest absolute Gasteiger partial charge is 0.335 e. The van der Waals surface area contributed by atoms with Gasteiger partial charge in [-0.25, -0.2) is 4.79 Å². The number of aryl methyl sites for hydroxylation is 1. The van der Waals surface area contributed by atoms with Crippen LogP contribution in [0.4, 0.5) is 11.4 Å². The molecule has 0 unspecified atom stereocenters. The first-order valence-corrected chi connectivity index (χ1v) is 11.1. The highest BCUT2D eigenvalue weighted by Gasteiger charge is 2.35. The topological polar surface area (TPSA) is 57.6 Å². The Morgan fingerprint density at radius 2 is 1.78 bits per heavy atom. The van der Waals surface area contributed by atoms with Crippen LogP contribution in [0, 0.1) is 6.92 Å². The Labute approximate surface area is 191 Å². The minimum Gasteiger partial charge on any atom is -0.478 e. The third-order valence-electron chi connectivity index (χ3n) is 6.49. The number of halogens is 1. The fourth-order valence-corrected chi connectivity index (χ4v) is 4.83. The highest BCUT2D eigenvalue weighted by Crippen LogP contribution is 2.46. The van der Waals surface area contributed by atoms with Gasteiger partial charge in [0.2, 0.25) is 0 Å². The van der Waals surface area contributed by atoms with Crippen LogP contribution in [0.2, 0.25) is 5.02 Å². The average Bonchev–Trinajstić information content (AvgIpc) is 3.02. The number of carbonyl (C=O) groups is 2. The molecule has 2 aliphatic rings. The van der Waals surface area contributed by atoms with Crippen molar-refractivity contribution in [1.82, 2.24) is 0 Å². The van der Waals surface area contributed by atoms with Gasteiger partial charge in [0.05, 0.1) is 16.8 Å². The van der Waals surface area contributed by atoms with E-state index in [0.717, 1.165) is 35.2 Å². The number of carboxylic acids is 1. The van der Waals surface area contributed by atoms with Crippen molar-refractivity contribution < 1.29 is 14.7 Å². The zero-order valence-corrected chi connectivity index (χ0v) is 18.4. The van der Waals surface area contributed by atoms with Crippen LogP contribution in [0.3, 0.4) is 0 Å². The number of carbonyl (C=O) groups excluding carboxylic acids is 1. The maximum Gasteiger partial charge on any atom is 0.335 e. The maximum atomic E-state index is 13.7. The summed E-state index contributed by atoms with van der Waals surface area (Å²) in [5.41, 5.74) is 6.22. The molecule has 1 amide bonds. The summed E-state index contributed by atoms with van der Waals surface area (Å²) in [5, 5.41) is 9.86. The van der Waals surface area contributed by atoms with Crippen LogP contribution in [-0.2, 0) is 4.79 Å². The van der Waals surface area contributed by atoms with Crippen LogP contribution in [-0.4, -0.2) is 17.0 Å². The van der Waals surface area contributed by atoms with E-state index >= 15 is 0 Å². The van der Waals surface area contributed by atoms with Gasteiger partial charge in [-0.1, -0.05) is 42.3 Å². The molecule has 0 bridgehead atoms. The molecule has 1 fully saturated rings. The number of benzene rings is 3. The van der Waals surface area contributed by atoms with E-state index in [2.05, 4.69) is 6.07 Å². The van der Waals surface area contributed by atoms with Crippen LogP contribution in [0.15, 0.2) is 60.7 Å². The molecule has 160 valence electrons. The largest absolute Gasteiger partial charge is 0.478 e. The van der Waals surface area contributed by atoms with Crippen LogP contribution in [0.25, 0.3) is 11.6 Å². The van der Waals surface area contributed by atoms with Gasteiger partial charge in [-0.05, 0) is 84.8 Å². The highest BCUT2D eigenvalue weighted by atomic mass is 35.5. The van der Waals surface area contributed by atoms with E-state index in [4.69, 9.17) is 11.6 Å². The third-order valence-corrected chi connectivity index (χ3v) is 6.82. The van der Waals surface area contributed by atoms with E-state index in [1.54, 1.807) is 17.0 Å². The van der Waals surface area contributed by atoms with Gasteiger partial charge in [0, 0.05) is 16.3 Å². The summed E-state index contributed by atoms with van der Waals surface area (Å²) in [6.07, 6.45) is 5.44. The number of rotatable bonds is 4. The minimum absolute atomic E-state index is 0.142. The summed E-state index contributed by atoms with van der Waals surface area (Å²) in [6, 6.07) is 18.2. The molecule has 4 nitrogen and oxygen atoms in total. The number of amides is 1. The Morgan fingerprint density at radius 3 is 2.44 bits per heavy atom. The Balaban J connectivity index is 1.66. The lowest BCUT2D eigenvalue weighted by Gasteiger charge is -2.27. The lowest BCUT2D eigenvalue weighted by molar-refractivity contribution is -0.112. The predicted octanol–water partition coefficient (Wildman–Crippen LogP) is 6.83. The van der Waals surface area contributed by atoms with E-state index in [0.29, 0.717) is 22.2 Å². The fraction of sp³-hybridized carbons (Fsp3) is 0.185. The van der Waals surface area contributed by atoms with Gasteiger partial charge in [-0.15, -0.1) is 0 Å². The zero-order valence-electron chi connectivity index (χ0n) is 17.6.